The van der Waals surface area contributed by atoms with Crippen LogP contribution < -0.4 is 15.5 Å². The van der Waals surface area contributed by atoms with E-state index < -0.39 is 6.09 Å². The van der Waals surface area contributed by atoms with Crippen molar-refractivity contribution in [1.82, 2.24) is 10.3 Å². The molecule has 0 radical (unpaired) electrons. The first-order valence-corrected chi connectivity index (χ1v) is 8.05. The predicted molar refractivity (Wildman–Crippen MR) is 95.5 cm³/mol. The number of carbonyl (C=O) groups is 1. The lowest BCUT2D eigenvalue weighted by Gasteiger charge is -2.29. The molecule has 1 aromatic carbocycles. The number of benzene rings is 1. The van der Waals surface area contributed by atoms with E-state index in [1.54, 1.807) is 6.20 Å². The maximum Gasteiger partial charge on any atom is 0.411 e. The molecular weight excluding hydrogens is 304 g/mol. The van der Waals surface area contributed by atoms with Crippen LogP contribution in [-0.2, 0) is 4.74 Å². The zero-order valence-electron chi connectivity index (χ0n) is 14.0. The largest absolute Gasteiger partial charge is 0.453 e. The number of aromatic nitrogens is 1. The molecule has 0 unspecified atom stereocenters. The molecule has 1 aromatic heterocycles. The van der Waals surface area contributed by atoms with Crippen LogP contribution in [0, 0.1) is 6.92 Å². The molecule has 3 rings (SSSR count). The fourth-order valence-corrected chi connectivity index (χ4v) is 2.87. The Bertz CT molecular complexity index is 727. The Morgan fingerprint density at radius 2 is 2.00 bits per heavy atom. The Hall–Kier alpha value is -2.60. The highest BCUT2D eigenvalue weighted by Crippen LogP contribution is 2.33. The van der Waals surface area contributed by atoms with Crippen LogP contribution in [0.5, 0.6) is 0 Å². The van der Waals surface area contributed by atoms with E-state index in [4.69, 9.17) is 4.74 Å². The van der Waals surface area contributed by atoms with Gasteiger partial charge in [-0.1, -0.05) is 24.3 Å². The summed E-state index contributed by atoms with van der Waals surface area (Å²) in [5.74, 6) is 0.921. The number of hydrogen-bond acceptors (Lipinski definition) is 5. The maximum absolute atomic E-state index is 11.7. The van der Waals surface area contributed by atoms with Crippen LogP contribution in [-0.4, -0.2) is 44.4 Å². The second-order valence-electron chi connectivity index (χ2n) is 5.76. The zero-order valence-corrected chi connectivity index (χ0v) is 14.0. The summed E-state index contributed by atoms with van der Waals surface area (Å²) >= 11 is 0. The molecule has 0 spiro atoms. The average Bonchev–Trinajstić information content (AvgIpc) is 2.63. The van der Waals surface area contributed by atoms with Gasteiger partial charge in [0.1, 0.15) is 5.82 Å². The van der Waals surface area contributed by atoms with Crippen molar-refractivity contribution in [3.05, 3.63) is 42.1 Å². The summed E-state index contributed by atoms with van der Waals surface area (Å²) in [6, 6.07) is 10.1. The standard InChI is InChI=1S/C18H22N4O2/c1-13-5-3-4-6-14(13)15-11-17(22-9-7-19-8-10-22)20-12-16(15)21-18(23)24-2/h3-6,11-12,19H,7-10H2,1-2H3,(H,21,23). The van der Waals surface area contributed by atoms with Gasteiger partial charge < -0.3 is 15.0 Å². The molecule has 0 saturated carbocycles. The van der Waals surface area contributed by atoms with Crippen molar-refractivity contribution >= 4 is 17.6 Å². The van der Waals surface area contributed by atoms with E-state index in [1.807, 2.05) is 18.2 Å². The number of pyridine rings is 1. The van der Waals surface area contributed by atoms with E-state index in [1.165, 1.54) is 7.11 Å². The van der Waals surface area contributed by atoms with Crippen molar-refractivity contribution in [2.75, 3.05) is 43.5 Å². The summed E-state index contributed by atoms with van der Waals surface area (Å²) in [6.07, 6.45) is 1.21. The van der Waals surface area contributed by atoms with Crippen molar-refractivity contribution in [2.45, 2.75) is 6.92 Å². The van der Waals surface area contributed by atoms with Gasteiger partial charge >= 0.3 is 6.09 Å². The lowest BCUT2D eigenvalue weighted by atomic mass is 10.00. The predicted octanol–water partition coefficient (Wildman–Crippen LogP) is 2.64. The number of ether oxygens (including phenoxy) is 1. The number of nitrogens with zero attached hydrogens (tertiary/aromatic N) is 2. The minimum absolute atomic E-state index is 0.499. The van der Waals surface area contributed by atoms with Crippen molar-refractivity contribution in [1.29, 1.82) is 0 Å². The van der Waals surface area contributed by atoms with Gasteiger partial charge in [0, 0.05) is 31.7 Å². The summed E-state index contributed by atoms with van der Waals surface area (Å²) in [6.45, 7) is 5.79. The van der Waals surface area contributed by atoms with E-state index >= 15 is 0 Å². The van der Waals surface area contributed by atoms with Crippen LogP contribution in [0.2, 0.25) is 0 Å². The molecule has 2 aromatic rings. The molecule has 1 amide bonds. The first-order chi connectivity index (χ1) is 11.7. The fourth-order valence-electron chi connectivity index (χ4n) is 2.87. The molecule has 0 atom stereocenters. The highest BCUT2D eigenvalue weighted by molar-refractivity contribution is 5.92. The van der Waals surface area contributed by atoms with E-state index in [9.17, 15) is 4.79 Å². The van der Waals surface area contributed by atoms with Gasteiger partial charge in [-0.15, -0.1) is 0 Å². The SMILES string of the molecule is COC(=O)Nc1cnc(N2CCNCC2)cc1-c1ccccc1C. The molecule has 0 aliphatic carbocycles. The summed E-state index contributed by atoms with van der Waals surface area (Å²) < 4.78 is 4.73. The summed E-state index contributed by atoms with van der Waals surface area (Å²) in [7, 11) is 1.35. The third kappa shape index (κ3) is 3.49. The molecule has 0 bridgehead atoms. The Kier molecular flexibility index (Phi) is 4.96. The first-order valence-electron chi connectivity index (χ1n) is 8.05. The fraction of sp³-hybridized carbons (Fsp3) is 0.333. The van der Waals surface area contributed by atoms with Gasteiger partial charge in [0.05, 0.1) is 19.0 Å². The Morgan fingerprint density at radius 3 is 2.71 bits per heavy atom. The van der Waals surface area contributed by atoms with E-state index in [-0.39, 0.29) is 0 Å². The number of carbonyl (C=O) groups excluding carboxylic acids is 1. The number of rotatable bonds is 3. The van der Waals surface area contributed by atoms with Gasteiger partial charge in [-0.25, -0.2) is 9.78 Å². The van der Waals surface area contributed by atoms with Gasteiger partial charge in [-0.2, -0.15) is 0 Å². The van der Waals surface area contributed by atoms with Crippen LogP contribution in [0.3, 0.4) is 0 Å². The summed E-state index contributed by atoms with van der Waals surface area (Å²) in [5.41, 5.74) is 3.81. The van der Waals surface area contributed by atoms with Gasteiger partial charge in [-0.05, 0) is 24.1 Å². The van der Waals surface area contributed by atoms with Crippen molar-refractivity contribution < 1.29 is 9.53 Å². The monoisotopic (exact) mass is 326 g/mol. The Morgan fingerprint density at radius 1 is 1.25 bits per heavy atom. The number of hydrogen-bond donors (Lipinski definition) is 2. The van der Waals surface area contributed by atoms with Crippen LogP contribution in [0.15, 0.2) is 36.5 Å². The molecule has 6 heteroatoms. The van der Waals surface area contributed by atoms with E-state index in [2.05, 4.69) is 39.6 Å². The smallest absolute Gasteiger partial charge is 0.411 e. The molecule has 126 valence electrons. The Labute approximate surface area is 141 Å². The summed E-state index contributed by atoms with van der Waals surface area (Å²) in [4.78, 5) is 18.4. The molecule has 1 saturated heterocycles. The van der Waals surface area contributed by atoms with E-state index in [0.29, 0.717) is 5.69 Å². The van der Waals surface area contributed by atoms with Gasteiger partial charge in [0.15, 0.2) is 0 Å². The second-order valence-corrected chi connectivity index (χ2v) is 5.76. The molecule has 24 heavy (non-hydrogen) atoms. The minimum Gasteiger partial charge on any atom is -0.453 e. The van der Waals surface area contributed by atoms with E-state index in [0.717, 1.165) is 48.7 Å². The number of anilines is 2. The lowest BCUT2D eigenvalue weighted by Crippen LogP contribution is -2.43. The van der Waals surface area contributed by atoms with Gasteiger partial charge in [0.25, 0.3) is 0 Å². The van der Waals surface area contributed by atoms with Crippen LogP contribution in [0.4, 0.5) is 16.3 Å². The molecular formula is C18H22N4O2. The lowest BCUT2D eigenvalue weighted by molar-refractivity contribution is 0.187. The second kappa shape index (κ2) is 7.31. The van der Waals surface area contributed by atoms with Gasteiger partial charge in [0.2, 0.25) is 0 Å². The van der Waals surface area contributed by atoms with Crippen molar-refractivity contribution in [3.8, 4) is 11.1 Å². The minimum atomic E-state index is -0.499. The molecule has 1 fully saturated rings. The number of amides is 1. The highest BCUT2D eigenvalue weighted by atomic mass is 16.5. The third-order valence-electron chi connectivity index (χ3n) is 4.19. The topological polar surface area (TPSA) is 66.5 Å². The number of piperazine rings is 1. The highest BCUT2D eigenvalue weighted by Gasteiger charge is 2.16. The third-order valence-corrected chi connectivity index (χ3v) is 4.19. The van der Waals surface area contributed by atoms with Crippen LogP contribution >= 0.6 is 0 Å². The van der Waals surface area contributed by atoms with Crippen molar-refractivity contribution in [2.24, 2.45) is 0 Å². The number of methoxy groups -OCH3 is 1. The number of nitrogens with one attached hydrogen (secondary N) is 2. The van der Waals surface area contributed by atoms with Gasteiger partial charge in [-0.3, -0.25) is 5.32 Å². The van der Waals surface area contributed by atoms with Crippen molar-refractivity contribution in [3.63, 3.8) is 0 Å². The summed E-state index contributed by atoms with van der Waals surface area (Å²) in [5, 5.41) is 6.10. The molecule has 2 N–H and O–H groups in total. The van der Waals surface area contributed by atoms with Crippen LogP contribution in [0.25, 0.3) is 11.1 Å². The quantitative estimate of drug-likeness (QED) is 0.908. The normalized spacial score (nSPS) is 14.3. The molecule has 1 aliphatic rings. The average molecular weight is 326 g/mol. The molecule has 1 aliphatic heterocycles. The zero-order chi connectivity index (χ0) is 16.9. The first kappa shape index (κ1) is 16.3. The van der Waals surface area contributed by atoms with Crippen LogP contribution in [0.1, 0.15) is 5.56 Å². The molecule has 2 heterocycles. The maximum atomic E-state index is 11.7. The Balaban J connectivity index is 2.03. The number of aryl methyl sites for hydroxylation is 1. The molecule has 6 nitrogen and oxygen atoms in total.